The van der Waals surface area contributed by atoms with Crippen molar-refractivity contribution in [2.75, 3.05) is 22.4 Å². The first kappa shape index (κ1) is 24.0. The van der Waals surface area contributed by atoms with E-state index in [-0.39, 0.29) is 35.5 Å². The Morgan fingerprint density at radius 3 is 2.45 bits per heavy atom. The van der Waals surface area contributed by atoms with Gasteiger partial charge in [-0.05, 0) is 26.0 Å². The van der Waals surface area contributed by atoms with Gasteiger partial charge in [-0.15, -0.1) is 5.10 Å². The minimum atomic E-state index is -3.52. The Morgan fingerprint density at radius 1 is 1.18 bits per heavy atom. The summed E-state index contributed by atoms with van der Waals surface area (Å²) >= 11 is 0. The Balaban J connectivity index is 1.97. The molecule has 1 N–H and O–H groups in total. The van der Waals surface area contributed by atoms with Crippen LogP contribution < -0.4 is 14.4 Å². The Labute approximate surface area is 187 Å². The third kappa shape index (κ3) is 5.22. The van der Waals surface area contributed by atoms with Gasteiger partial charge in [-0.3, -0.25) is 9.62 Å². The first-order valence-electron chi connectivity index (χ1n) is 9.40. The van der Waals surface area contributed by atoms with Crippen molar-refractivity contribution in [3.8, 4) is 17.1 Å². The van der Waals surface area contributed by atoms with Gasteiger partial charge in [0, 0.05) is 25.7 Å². The fourth-order valence-electron chi connectivity index (χ4n) is 2.92. The number of nitrogens with one attached hydrogen (secondary N) is 1. The van der Waals surface area contributed by atoms with E-state index in [1.165, 1.54) is 23.9 Å². The summed E-state index contributed by atoms with van der Waals surface area (Å²) in [6, 6.07) is 3.64. The summed E-state index contributed by atoms with van der Waals surface area (Å²) in [6.07, 6.45) is -0.0945. The van der Waals surface area contributed by atoms with Crippen molar-refractivity contribution in [3.05, 3.63) is 47.4 Å². The van der Waals surface area contributed by atoms with Crippen LogP contribution >= 0.6 is 0 Å². The lowest BCUT2D eigenvalue weighted by molar-refractivity contribution is 0.205. The maximum atomic E-state index is 13.9. The monoisotopic (exact) mass is 484 g/mol. The molecule has 33 heavy (non-hydrogen) atoms. The Morgan fingerprint density at radius 2 is 1.85 bits per heavy atom. The largest absolute Gasteiger partial charge is 0.421 e. The number of benzene rings is 1. The second kappa shape index (κ2) is 9.05. The number of carbonyl (C=O) groups is 1. The molecule has 0 unspecified atom stereocenters. The highest BCUT2D eigenvalue weighted by Gasteiger charge is 2.27. The van der Waals surface area contributed by atoms with Crippen molar-refractivity contribution in [1.82, 2.24) is 20.0 Å². The molecule has 0 atom stereocenters. The van der Waals surface area contributed by atoms with E-state index in [2.05, 4.69) is 20.0 Å². The second-order valence-electron chi connectivity index (χ2n) is 6.90. The molecule has 0 saturated carbocycles. The highest BCUT2D eigenvalue weighted by Crippen LogP contribution is 2.30. The quantitative estimate of drug-likeness (QED) is 0.534. The van der Waals surface area contributed by atoms with Crippen LogP contribution in [0.4, 0.5) is 29.5 Å². The third-order valence-electron chi connectivity index (χ3n) is 4.39. The van der Waals surface area contributed by atoms with E-state index in [4.69, 9.17) is 4.74 Å². The number of halogens is 3. The number of nitrogens with zero attached hydrogens (tertiary/aromatic N) is 5. The zero-order valence-electron chi connectivity index (χ0n) is 17.9. The number of hydrogen-bond acceptors (Lipinski definition) is 7. The van der Waals surface area contributed by atoms with Crippen LogP contribution in [0, 0.1) is 24.4 Å². The van der Waals surface area contributed by atoms with Crippen LogP contribution in [0.5, 0.6) is 5.75 Å². The lowest BCUT2D eigenvalue weighted by atomic mass is 10.2. The molecule has 0 spiro atoms. The first-order chi connectivity index (χ1) is 15.4. The van der Waals surface area contributed by atoms with Gasteiger partial charge in [0.05, 0.1) is 23.3 Å². The summed E-state index contributed by atoms with van der Waals surface area (Å²) in [6.45, 7) is 3.19. The number of aryl methyl sites for hydroxylation is 2. The average Bonchev–Trinajstić information content (AvgIpc) is 3.09. The van der Waals surface area contributed by atoms with Crippen LogP contribution in [0.2, 0.25) is 0 Å². The van der Waals surface area contributed by atoms with Crippen molar-refractivity contribution in [2.45, 2.75) is 13.8 Å². The Hall–Kier alpha value is -3.68. The van der Waals surface area contributed by atoms with Gasteiger partial charge in [0.25, 0.3) is 0 Å². The molecule has 1 aromatic carbocycles. The van der Waals surface area contributed by atoms with Crippen LogP contribution in [0.25, 0.3) is 11.4 Å². The van der Waals surface area contributed by atoms with Gasteiger partial charge >= 0.3 is 6.09 Å². The van der Waals surface area contributed by atoms with Crippen molar-refractivity contribution >= 4 is 27.6 Å². The van der Waals surface area contributed by atoms with Crippen LogP contribution in [-0.2, 0) is 17.1 Å². The van der Waals surface area contributed by atoms with Crippen molar-refractivity contribution < 1.29 is 31.1 Å². The van der Waals surface area contributed by atoms with Gasteiger partial charge in [0.1, 0.15) is 0 Å². The maximum Gasteiger partial charge on any atom is 0.421 e. The normalized spacial score (nSPS) is 11.4. The summed E-state index contributed by atoms with van der Waals surface area (Å²) in [4.78, 5) is 18.1. The van der Waals surface area contributed by atoms with Crippen LogP contribution in [0.15, 0.2) is 24.3 Å². The second-order valence-corrected chi connectivity index (χ2v) is 8.65. The lowest BCUT2D eigenvalue weighted by Gasteiger charge is -2.21. The summed E-state index contributed by atoms with van der Waals surface area (Å²) in [5.41, 5.74) is 1.01. The Bertz CT molecular complexity index is 1330. The van der Waals surface area contributed by atoms with E-state index in [1.807, 2.05) is 0 Å². The van der Waals surface area contributed by atoms with Gasteiger partial charge in [0.2, 0.25) is 10.0 Å². The zero-order chi connectivity index (χ0) is 24.5. The van der Waals surface area contributed by atoms with E-state index in [0.717, 1.165) is 11.2 Å². The SMILES string of the molecule is CCN(C(=O)Oc1cc(F)c(F)cc1F)c1c(-c2ccc(NS(C)(=O)=O)c(C)n2)nnn1C. The zero-order valence-corrected chi connectivity index (χ0v) is 18.7. The Kier molecular flexibility index (Phi) is 6.58. The number of carbonyl (C=O) groups excluding carboxylic acids is 1. The van der Waals surface area contributed by atoms with Crippen LogP contribution in [0.3, 0.4) is 0 Å². The third-order valence-corrected chi connectivity index (χ3v) is 4.98. The molecule has 0 radical (unpaired) electrons. The van der Waals surface area contributed by atoms with Crippen molar-refractivity contribution in [2.24, 2.45) is 7.05 Å². The molecular weight excluding hydrogens is 465 g/mol. The number of rotatable bonds is 6. The van der Waals surface area contributed by atoms with E-state index < -0.39 is 39.3 Å². The molecular formula is C19H19F3N6O4S. The van der Waals surface area contributed by atoms with Gasteiger partial charge in [-0.2, -0.15) is 0 Å². The van der Waals surface area contributed by atoms with Crippen LogP contribution in [-0.4, -0.2) is 47.3 Å². The van der Waals surface area contributed by atoms with E-state index >= 15 is 0 Å². The molecule has 0 aliphatic carbocycles. The minimum absolute atomic E-state index is 0.0189. The number of hydrogen-bond donors (Lipinski definition) is 1. The maximum absolute atomic E-state index is 13.9. The molecule has 3 rings (SSSR count). The smallest absolute Gasteiger partial charge is 0.407 e. The number of amides is 1. The summed E-state index contributed by atoms with van der Waals surface area (Å²) < 4.78 is 72.1. The van der Waals surface area contributed by atoms with E-state index in [0.29, 0.717) is 11.8 Å². The molecule has 2 heterocycles. The molecule has 3 aromatic rings. The van der Waals surface area contributed by atoms with E-state index in [9.17, 15) is 26.4 Å². The number of sulfonamides is 1. The van der Waals surface area contributed by atoms with Gasteiger partial charge in [0.15, 0.2) is 34.7 Å². The summed E-state index contributed by atoms with van der Waals surface area (Å²) in [5, 5.41) is 7.90. The highest BCUT2D eigenvalue weighted by molar-refractivity contribution is 7.92. The molecule has 14 heteroatoms. The molecule has 2 aromatic heterocycles. The molecule has 10 nitrogen and oxygen atoms in total. The van der Waals surface area contributed by atoms with Gasteiger partial charge < -0.3 is 4.74 Å². The molecule has 0 aliphatic heterocycles. The molecule has 0 saturated heterocycles. The summed E-state index contributed by atoms with van der Waals surface area (Å²) in [7, 11) is -2.03. The number of anilines is 2. The molecule has 176 valence electrons. The molecule has 0 fully saturated rings. The number of aromatic nitrogens is 4. The number of ether oxygens (including phenoxy) is 1. The van der Waals surface area contributed by atoms with Crippen molar-refractivity contribution in [3.63, 3.8) is 0 Å². The topological polar surface area (TPSA) is 119 Å². The number of pyridine rings is 1. The van der Waals surface area contributed by atoms with Crippen molar-refractivity contribution in [1.29, 1.82) is 0 Å². The standard InChI is InChI=1S/C19H19F3N6O4S/c1-5-28(19(29)32-16-9-12(21)11(20)8-13(16)22)18-17(24-26-27(18)3)15-7-6-14(10(2)23-15)25-33(4,30)31/h6-9,25H,5H2,1-4H3. The van der Waals surface area contributed by atoms with Crippen LogP contribution in [0.1, 0.15) is 12.6 Å². The van der Waals surface area contributed by atoms with Gasteiger partial charge in [-0.1, -0.05) is 5.21 Å². The average molecular weight is 484 g/mol. The first-order valence-corrected chi connectivity index (χ1v) is 11.3. The lowest BCUT2D eigenvalue weighted by Crippen LogP contribution is -2.35. The minimum Gasteiger partial charge on any atom is -0.407 e. The molecule has 1 amide bonds. The predicted octanol–water partition coefficient (Wildman–Crippen LogP) is 3.00. The molecule has 0 aliphatic rings. The summed E-state index contributed by atoms with van der Waals surface area (Å²) in [5.74, 6) is -4.73. The van der Waals surface area contributed by atoms with E-state index in [1.54, 1.807) is 13.8 Å². The fourth-order valence-corrected chi connectivity index (χ4v) is 3.53. The molecule has 0 bridgehead atoms. The predicted molar refractivity (Wildman–Crippen MR) is 113 cm³/mol. The van der Waals surface area contributed by atoms with Gasteiger partial charge in [-0.25, -0.2) is 36.0 Å². The fraction of sp³-hybridized carbons (Fsp3) is 0.263. The highest BCUT2D eigenvalue weighted by atomic mass is 32.2.